The summed E-state index contributed by atoms with van der Waals surface area (Å²) in [6, 6.07) is 6.91. The standard InChI is InChI=1S/C24H24F3N3O4/c1-13-17-9-8-16(33-5)11-18(17)20(21(31)34-23(2,3)4)30(13)22(32)29-15-7-6-14(12-28)19(10-15)24(25,26)27/h6-11,13,20H,1-5H3,(H,29,32). The average Bonchev–Trinajstić information content (AvgIpc) is 3.03. The zero-order valence-electron chi connectivity index (χ0n) is 19.3. The first-order valence-electron chi connectivity index (χ1n) is 10.4. The number of carbonyl (C=O) groups is 2. The molecule has 1 aliphatic heterocycles. The quantitative estimate of drug-likeness (QED) is 0.586. The van der Waals surface area contributed by atoms with Crippen molar-refractivity contribution in [2.75, 3.05) is 12.4 Å². The molecule has 7 nitrogen and oxygen atoms in total. The van der Waals surface area contributed by atoms with Gasteiger partial charge < -0.3 is 14.8 Å². The van der Waals surface area contributed by atoms with E-state index in [4.69, 9.17) is 14.7 Å². The van der Waals surface area contributed by atoms with Crippen molar-refractivity contribution in [1.82, 2.24) is 4.90 Å². The van der Waals surface area contributed by atoms with Crippen LogP contribution in [0.2, 0.25) is 0 Å². The average molecular weight is 475 g/mol. The Morgan fingerprint density at radius 1 is 1.09 bits per heavy atom. The zero-order valence-corrected chi connectivity index (χ0v) is 19.3. The number of hydrogen-bond donors (Lipinski definition) is 1. The van der Waals surface area contributed by atoms with Gasteiger partial charge >= 0.3 is 18.2 Å². The molecule has 180 valence electrons. The first-order valence-corrected chi connectivity index (χ1v) is 10.4. The number of methoxy groups -OCH3 is 1. The number of benzene rings is 2. The van der Waals surface area contributed by atoms with Gasteiger partial charge in [-0.05, 0) is 69.2 Å². The molecule has 0 radical (unpaired) electrons. The van der Waals surface area contributed by atoms with Gasteiger partial charge in [0, 0.05) is 5.69 Å². The monoisotopic (exact) mass is 475 g/mol. The summed E-state index contributed by atoms with van der Waals surface area (Å²) >= 11 is 0. The van der Waals surface area contributed by atoms with E-state index in [2.05, 4.69) is 5.32 Å². The molecule has 34 heavy (non-hydrogen) atoms. The van der Waals surface area contributed by atoms with Gasteiger partial charge in [-0.25, -0.2) is 9.59 Å². The Labute approximate surface area is 195 Å². The van der Waals surface area contributed by atoms with E-state index < -0.39 is 47.0 Å². The lowest BCUT2D eigenvalue weighted by Crippen LogP contribution is -2.41. The third-order valence-corrected chi connectivity index (χ3v) is 5.30. The summed E-state index contributed by atoms with van der Waals surface area (Å²) in [6.07, 6.45) is -4.78. The highest BCUT2D eigenvalue weighted by atomic mass is 19.4. The van der Waals surface area contributed by atoms with Crippen molar-refractivity contribution in [2.24, 2.45) is 0 Å². The number of urea groups is 1. The number of ether oxygens (including phenoxy) is 2. The van der Waals surface area contributed by atoms with E-state index >= 15 is 0 Å². The molecule has 1 N–H and O–H groups in total. The van der Waals surface area contributed by atoms with Crippen LogP contribution in [0.5, 0.6) is 5.75 Å². The SMILES string of the molecule is COc1ccc2c(c1)C(C(=O)OC(C)(C)C)N(C(=O)Nc1ccc(C#N)c(C(F)(F)F)c1)C2C. The Bertz CT molecular complexity index is 1170. The molecule has 2 amide bonds. The van der Waals surface area contributed by atoms with Crippen LogP contribution in [-0.4, -0.2) is 29.6 Å². The third-order valence-electron chi connectivity index (χ3n) is 5.30. The highest BCUT2D eigenvalue weighted by molar-refractivity contribution is 5.95. The van der Waals surface area contributed by atoms with E-state index in [1.807, 2.05) is 0 Å². The number of hydrogen-bond acceptors (Lipinski definition) is 5. The van der Waals surface area contributed by atoms with E-state index in [-0.39, 0.29) is 5.69 Å². The summed E-state index contributed by atoms with van der Waals surface area (Å²) in [4.78, 5) is 27.6. The molecule has 0 saturated carbocycles. The number of esters is 1. The maximum Gasteiger partial charge on any atom is 0.417 e. The van der Waals surface area contributed by atoms with Crippen molar-refractivity contribution in [3.63, 3.8) is 0 Å². The Morgan fingerprint density at radius 3 is 2.32 bits per heavy atom. The number of nitrogens with zero attached hydrogens (tertiary/aromatic N) is 2. The van der Waals surface area contributed by atoms with E-state index in [1.165, 1.54) is 24.1 Å². The first-order chi connectivity index (χ1) is 15.8. The number of anilines is 1. The summed E-state index contributed by atoms with van der Waals surface area (Å²) in [7, 11) is 1.47. The fourth-order valence-electron chi connectivity index (χ4n) is 3.85. The number of nitriles is 1. The lowest BCUT2D eigenvalue weighted by molar-refractivity contribution is -0.160. The van der Waals surface area contributed by atoms with E-state index in [1.54, 1.807) is 45.9 Å². The summed E-state index contributed by atoms with van der Waals surface area (Å²) in [6.45, 7) is 6.77. The third kappa shape index (κ3) is 4.93. The van der Waals surface area contributed by atoms with Crippen molar-refractivity contribution >= 4 is 17.7 Å². The van der Waals surface area contributed by atoms with Crippen LogP contribution in [0, 0.1) is 11.3 Å². The number of amides is 2. The van der Waals surface area contributed by atoms with Crippen LogP contribution in [0.25, 0.3) is 0 Å². The second-order valence-electron chi connectivity index (χ2n) is 8.81. The molecule has 0 aliphatic carbocycles. The van der Waals surface area contributed by atoms with Gasteiger partial charge in [-0.2, -0.15) is 18.4 Å². The lowest BCUT2D eigenvalue weighted by atomic mass is 10.0. The summed E-state index contributed by atoms with van der Waals surface area (Å²) < 4.78 is 50.8. The van der Waals surface area contributed by atoms with E-state index in [0.717, 1.165) is 6.07 Å². The van der Waals surface area contributed by atoms with Gasteiger partial charge in [0.2, 0.25) is 0 Å². The molecule has 1 heterocycles. The van der Waals surface area contributed by atoms with Crippen LogP contribution in [0.1, 0.15) is 62.0 Å². The Hall–Kier alpha value is -3.74. The van der Waals surface area contributed by atoms with Crippen LogP contribution >= 0.6 is 0 Å². The molecule has 0 spiro atoms. The predicted octanol–water partition coefficient (Wildman–Crippen LogP) is 5.58. The molecule has 3 rings (SSSR count). The van der Waals surface area contributed by atoms with Gasteiger partial charge in [0.15, 0.2) is 6.04 Å². The van der Waals surface area contributed by atoms with Gasteiger partial charge in [0.05, 0.1) is 30.3 Å². The molecule has 0 aromatic heterocycles. The summed E-state index contributed by atoms with van der Waals surface area (Å²) in [5.74, 6) is -0.207. The number of carbonyl (C=O) groups excluding carboxylic acids is 2. The molecule has 0 fully saturated rings. The van der Waals surface area contributed by atoms with Crippen LogP contribution in [0.4, 0.5) is 23.7 Å². The van der Waals surface area contributed by atoms with Crippen molar-refractivity contribution in [3.8, 4) is 11.8 Å². The molecular formula is C24H24F3N3O4. The number of alkyl halides is 3. The van der Waals surface area contributed by atoms with E-state index in [0.29, 0.717) is 22.9 Å². The number of fused-ring (bicyclic) bond motifs is 1. The smallest absolute Gasteiger partial charge is 0.417 e. The van der Waals surface area contributed by atoms with Gasteiger partial charge in [0.1, 0.15) is 11.4 Å². The van der Waals surface area contributed by atoms with Crippen LogP contribution in [0.15, 0.2) is 36.4 Å². The molecule has 2 aromatic carbocycles. The molecule has 0 bridgehead atoms. The van der Waals surface area contributed by atoms with Crippen molar-refractivity contribution in [2.45, 2.75) is 51.6 Å². The molecule has 10 heteroatoms. The minimum absolute atomic E-state index is 0.167. The maximum atomic E-state index is 13.3. The van der Waals surface area contributed by atoms with Crippen LogP contribution in [-0.2, 0) is 15.7 Å². The fourth-order valence-corrected chi connectivity index (χ4v) is 3.85. The molecule has 2 atom stereocenters. The molecule has 1 aliphatic rings. The number of halogens is 3. The van der Waals surface area contributed by atoms with Gasteiger partial charge in [-0.1, -0.05) is 6.07 Å². The largest absolute Gasteiger partial charge is 0.497 e. The minimum Gasteiger partial charge on any atom is -0.497 e. The van der Waals surface area contributed by atoms with Gasteiger partial charge in [0.25, 0.3) is 0 Å². The number of rotatable bonds is 3. The normalized spacial score (nSPS) is 17.6. The molecule has 0 saturated heterocycles. The Balaban J connectivity index is 2.00. The van der Waals surface area contributed by atoms with Crippen molar-refractivity contribution < 1.29 is 32.2 Å². The highest BCUT2D eigenvalue weighted by Gasteiger charge is 2.45. The molecule has 2 aromatic rings. The fraction of sp³-hybridized carbons (Fsp3) is 0.375. The molecule has 2 unspecified atom stereocenters. The second-order valence-corrected chi connectivity index (χ2v) is 8.81. The summed E-state index contributed by atoms with van der Waals surface area (Å²) in [5, 5.41) is 11.4. The van der Waals surface area contributed by atoms with Gasteiger partial charge in [-0.15, -0.1) is 0 Å². The predicted molar refractivity (Wildman–Crippen MR) is 117 cm³/mol. The first kappa shape index (κ1) is 24.9. The Morgan fingerprint density at radius 2 is 1.76 bits per heavy atom. The van der Waals surface area contributed by atoms with Gasteiger partial charge in [-0.3, -0.25) is 4.90 Å². The minimum atomic E-state index is -4.78. The van der Waals surface area contributed by atoms with Crippen molar-refractivity contribution in [3.05, 3.63) is 58.7 Å². The highest BCUT2D eigenvalue weighted by Crippen LogP contribution is 2.45. The lowest BCUT2D eigenvalue weighted by Gasteiger charge is -2.30. The topological polar surface area (TPSA) is 91.7 Å². The van der Waals surface area contributed by atoms with Crippen LogP contribution in [0.3, 0.4) is 0 Å². The summed E-state index contributed by atoms with van der Waals surface area (Å²) in [5.41, 5.74) is -1.54. The Kier molecular flexibility index (Phi) is 6.51. The second kappa shape index (κ2) is 8.89. The zero-order chi connectivity index (χ0) is 25.4. The van der Waals surface area contributed by atoms with Crippen molar-refractivity contribution in [1.29, 1.82) is 5.26 Å². The molecular weight excluding hydrogens is 451 g/mol. The maximum absolute atomic E-state index is 13.3. The number of nitrogens with one attached hydrogen (secondary N) is 1. The van der Waals surface area contributed by atoms with Crippen LogP contribution < -0.4 is 10.1 Å². The van der Waals surface area contributed by atoms with E-state index in [9.17, 15) is 22.8 Å².